The van der Waals surface area contributed by atoms with Crippen LogP contribution < -0.4 is 10.3 Å². The minimum atomic E-state index is -0.445. The van der Waals surface area contributed by atoms with Gasteiger partial charge in [-0.2, -0.15) is 5.10 Å². The molecule has 0 aliphatic heterocycles. The van der Waals surface area contributed by atoms with E-state index < -0.39 is 5.54 Å². The van der Waals surface area contributed by atoms with E-state index in [0.29, 0.717) is 0 Å². The Labute approximate surface area is 134 Å². The maximum atomic E-state index is 12.2. The van der Waals surface area contributed by atoms with Crippen molar-refractivity contribution >= 4 is 11.6 Å². The third kappa shape index (κ3) is 3.67. The van der Waals surface area contributed by atoms with E-state index >= 15 is 0 Å². The number of ether oxygens (including phenoxy) is 1. The minimum Gasteiger partial charge on any atom is -0.485 e. The molecular formula is C16H19ClN2O3. The summed E-state index contributed by atoms with van der Waals surface area (Å²) in [5.74, 6) is 0.262. The molecule has 1 N–H and O–H groups in total. The van der Waals surface area contributed by atoms with E-state index in [9.17, 15) is 4.79 Å². The molecule has 0 bridgehead atoms. The van der Waals surface area contributed by atoms with Crippen molar-refractivity contribution in [3.63, 3.8) is 0 Å². The highest BCUT2D eigenvalue weighted by atomic mass is 35.5. The zero-order valence-corrected chi connectivity index (χ0v) is 13.6. The SMILES string of the molecule is CC(C)(C)n1ncc(OCc2ccc(CO)cc2)c(Cl)c1=O. The lowest BCUT2D eigenvalue weighted by Crippen LogP contribution is -2.36. The van der Waals surface area contributed by atoms with Gasteiger partial charge in [-0.05, 0) is 31.9 Å². The fourth-order valence-electron chi connectivity index (χ4n) is 1.90. The van der Waals surface area contributed by atoms with Crippen molar-refractivity contribution in [2.45, 2.75) is 39.5 Å². The van der Waals surface area contributed by atoms with Gasteiger partial charge in [0, 0.05) is 0 Å². The van der Waals surface area contributed by atoms with Crippen molar-refractivity contribution in [1.82, 2.24) is 9.78 Å². The number of halogens is 1. The fraction of sp³-hybridized carbons (Fsp3) is 0.375. The molecule has 118 valence electrons. The summed E-state index contributed by atoms with van der Waals surface area (Å²) < 4.78 is 6.91. The van der Waals surface area contributed by atoms with Gasteiger partial charge in [-0.15, -0.1) is 0 Å². The topological polar surface area (TPSA) is 64.3 Å². The summed E-state index contributed by atoms with van der Waals surface area (Å²) in [4.78, 5) is 12.2. The number of rotatable bonds is 4. The van der Waals surface area contributed by atoms with Crippen LogP contribution in [0.4, 0.5) is 0 Å². The smallest absolute Gasteiger partial charge is 0.289 e. The highest BCUT2D eigenvalue weighted by Gasteiger charge is 2.19. The van der Waals surface area contributed by atoms with Crippen molar-refractivity contribution < 1.29 is 9.84 Å². The third-order valence-corrected chi connectivity index (χ3v) is 3.47. The molecule has 0 fully saturated rings. The quantitative estimate of drug-likeness (QED) is 0.940. The Balaban J connectivity index is 2.16. The summed E-state index contributed by atoms with van der Waals surface area (Å²) in [5.41, 5.74) is 0.922. The van der Waals surface area contributed by atoms with Crippen molar-refractivity contribution in [3.05, 3.63) is 57.0 Å². The molecule has 5 nitrogen and oxygen atoms in total. The first-order chi connectivity index (χ1) is 10.3. The van der Waals surface area contributed by atoms with E-state index in [1.54, 1.807) is 0 Å². The molecule has 1 aromatic heterocycles. The number of hydrogen-bond acceptors (Lipinski definition) is 4. The van der Waals surface area contributed by atoms with Crippen molar-refractivity contribution in [3.8, 4) is 5.75 Å². The highest BCUT2D eigenvalue weighted by molar-refractivity contribution is 6.31. The summed E-state index contributed by atoms with van der Waals surface area (Å²) in [5, 5.41) is 13.1. The Bertz CT molecular complexity index is 703. The van der Waals surface area contributed by atoms with Crippen molar-refractivity contribution in [2.75, 3.05) is 0 Å². The molecule has 0 atom stereocenters. The van der Waals surface area contributed by atoms with Gasteiger partial charge in [-0.25, -0.2) is 4.68 Å². The maximum absolute atomic E-state index is 12.2. The number of aliphatic hydroxyl groups excluding tert-OH is 1. The molecule has 0 aliphatic carbocycles. The van der Waals surface area contributed by atoms with Crippen LogP contribution >= 0.6 is 11.6 Å². The van der Waals surface area contributed by atoms with Crippen LogP contribution in [0.25, 0.3) is 0 Å². The summed E-state index contributed by atoms with van der Waals surface area (Å²) in [6.45, 7) is 5.90. The first-order valence-corrected chi connectivity index (χ1v) is 7.30. The molecule has 0 radical (unpaired) electrons. The van der Waals surface area contributed by atoms with Gasteiger partial charge >= 0.3 is 0 Å². The molecule has 1 aromatic carbocycles. The second-order valence-corrected chi connectivity index (χ2v) is 6.35. The predicted octanol–water partition coefficient (Wildman–Crippen LogP) is 2.72. The van der Waals surface area contributed by atoms with Crippen LogP contribution in [0.5, 0.6) is 5.75 Å². The predicted molar refractivity (Wildman–Crippen MR) is 85.2 cm³/mol. The first-order valence-electron chi connectivity index (χ1n) is 6.92. The first kappa shape index (κ1) is 16.5. The summed E-state index contributed by atoms with van der Waals surface area (Å²) >= 11 is 6.09. The Morgan fingerprint density at radius 3 is 2.36 bits per heavy atom. The van der Waals surface area contributed by atoms with Crippen LogP contribution in [0, 0.1) is 0 Å². The highest BCUT2D eigenvalue weighted by Crippen LogP contribution is 2.21. The summed E-state index contributed by atoms with van der Waals surface area (Å²) in [7, 11) is 0. The van der Waals surface area contributed by atoms with Gasteiger partial charge in [-0.1, -0.05) is 35.9 Å². The lowest BCUT2D eigenvalue weighted by atomic mass is 10.1. The largest absolute Gasteiger partial charge is 0.485 e. The van der Waals surface area contributed by atoms with Crippen molar-refractivity contribution in [2.24, 2.45) is 0 Å². The lowest BCUT2D eigenvalue weighted by Gasteiger charge is -2.21. The van der Waals surface area contributed by atoms with Gasteiger partial charge in [0.15, 0.2) is 10.8 Å². The zero-order valence-electron chi connectivity index (χ0n) is 12.8. The van der Waals surface area contributed by atoms with Gasteiger partial charge < -0.3 is 9.84 Å². The zero-order chi connectivity index (χ0) is 16.3. The van der Waals surface area contributed by atoms with Crippen LogP contribution in [0.15, 0.2) is 35.3 Å². The van der Waals surface area contributed by atoms with Gasteiger partial charge in [0.25, 0.3) is 5.56 Å². The third-order valence-electron chi connectivity index (χ3n) is 3.12. The second kappa shape index (κ2) is 6.50. The number of nitrogens with zero attached hydrogens (tertiary/aromatic N) is 2. The molecule has 6 heteroatoms. The van der Waals surface area contributed by atoms with Crippen LogP contribution in [0.3, 0.4) is 0 Å². The van der Waals surface area contributed by atoms with E-state index in [1.165, 1.54) is 10.9 Å². The van der Waals surface area contributed by atoms with Gasteiger partial charge in [0.1, 0.15) is 6.61 Å². The average Bonchev–Trinajstić information content (AvgIpc) is 2.48. The molecule has 2 aromatic rings. The Kier molecular flexibility index (Phi) is 4.88. The van der Waals surface area contributed by atoms with E-state index in [1.807, 2.05) is 45.0 Å². The van der Waals surface area contributed by atoms with Gasteiger partial charge in [-0.3, -0.25) is 4.79 Å². The standard InChI is InChI=1S/C16H19ClN2O3/c1-16(2,3)19-15(21)14(17)13(8-18-19)22-10-12-6-4-11(9-20)5-7-12/h4-8,20H,9-10H2,1-3H3. The van der Waals surface area contributed by atoms with Crippen molar-refractivity contribution in [1.29, 1.82) is 0 Å². The number of aromatic nitrogens is 2. The van der Waals surface area contributed by atoms with Crippen LogP contribution in [-0.4, -0.2) is 14.9 Å². The fourth-order valence-corrected chi connectivity index (χ4v) is 2.08. The summed E-state index contributed by atoms with van der Waals surface area (Å²) in [6, 6.07) is 7.33. The molecule has 22 heavy (non-hydrogen) atoms. The van der Waals surface area contributed by atoms with Gasteiger partial charge in [0.2, 0.25) is 0 Å². The van der Waals surface area contributed by atoms with E-state index in [-0.39, 0.29) is 29.5 Å². The Hall–Kier alpha value is -1.85. The molecule has 2 rings (SSSR count). The van der Waals surface area contributed by atoms with Crippen LogP contribution in [-0.2, 0) is 18.8 Å². The van der Waals surface area contributed by atoms with Crippen LogP contribution in [0.1, 0.15) is 31.9 Å². The van der Waals surface area contributed by atoms with E-state index in [4.69, 9.17) is 21.4 Å². The molecule has 0 saturated heterocycles. The molecule has 0 amide bonds. The maximum Gasteiger partial charge on any atom is 0.289 e. The molecule has 1 heterocycles. The summed E-state index contributed by atoms with van der Waals surface area (Å²) in [6.07, 6.45) is 1.46. The lowest BCUT2D eigenvalue weighted by molar-refractivity contribution is 0.281. The van der Waals surface area contributed by atoms with Gasteiger partial charge in [0.05, 0.1) is 18.3 Å². The average molecular weight is 323 g/mol. The second-order valence-electron chi connectivity index (χ2n) is 5.97. The van der Waals surface area contributed by atoms with E-state index in [2.05, 4.69) is 5.10 Å². The van der Waals surface area contributed by atoms with Crippen LogP contribution in [0.2, 0.25) is 5.02 Å². The molecule has 0 aliphatic rings. The normalized spacial score (nSPS) is 11.5. The molecule has 0 unspecified atom stereocenters. The number of aliphatic hydroxyl groups is 1. The minimum absolute atomic E-state index is 0.00190. The van der Waals surface area contributed by atoms with E-state index in [0.717, 1.165) is 11.1 Å². The Morgan fingerprint density at radius 2 is 1.82 bits per heavy atom. The number of hydrogen-bond donors (Lipinski definition) is 1. The molecule has 0 saturated carbocycles. The molecule has 0 spiro atoms. The Morgan fingerprint density at radius 1 is 1.23 bits per heavy atom. The number of benzene rings is 1. The monoisotopic (exact) mass is 322 g/mol. The molecular weight excluding hydrogens is 304 g/mol.